The molecule has 0 aliphatic heterocycles. The molecule has 0 saturated carbocycles. The lowest BCUT2D eigenvalue weighted by atomic mass is 10.3. The third-order valence-electron chi connectivity index (χ3n) is 4.27. The molecule has 0 fully saturated rings. The maximum Gasteiger partial charge on any atom is 0.277 e. The molecule has 4 N–H and O–H groups in total. The molecule has 0 atom stereocenters. The second-order valence-corrected chi connectivity index (χ2v) is 10.4. The molecule has 0 aliphatic carbocycles. The molecule has 1 aromatic carbocycles. The maximum atomic E-state index is 12.5. The zero-order valence-electron chi connectivity index (χ0n) is 18.0. The first-order valence-electron chi connectivity index (χ1n) is 9.87. The lowest BCUT2D eigenvalue weighted by Gasteiger charge is -2.08. The van der Waals surface area contributed by atoms with Crippen LogP contribution < -0.4 is 16.6 Å². The number of aromatic nitrogens is 5. The fourth-order valence-electron chi connectivity index (χ4n) is 2.89. The van der Waals surface area contributed by atoms with E-state index in [1.165, 1.54) is 22.4 Å². The standard InChI is InChI=1S/C20H17N7O4S4/c1-10-7-12(28)24-18(22-10)33-9-14-25-26-19(31-14)34-8-13(29)23-17-15(16(21)30)27(20(32)35-17)11-5-3-2-4-6-11/h2-7H,8-9H2,1H3,(H2,21,30)(H,23,29)(H,22,24,28). The van der Waals surface area contributed by atoms with Gasteiger partial charge in [-0.3, -0.25) is 19.0 Å². The van der Waals surface area contributed by atoms with Gasteiger partial charge in [0, 0.05) is 17.4 Å². The van der Waals surface area contributed by atoms with Crippen molar-refractivity contribution in [3.63, 3.8) is 0 Å². The first-order chi connectivity index (χ1) is 16.8. The predicted octanol–water partition coefficient (Wildman–Crippen LogP) is 3.17. The van der Waals surface area contributed by atoms with E-state index in [1.54, 1.807) is 19.1 Å². The summed E-state index contributed by atoms with van der Waals surface area (Å²) in [5, 5.41) is 11.4. The smallest absolute Gasteiger partial charge is 0.277 e. The molecule has 2 amide bonds. The summed E-state index contributed by atoms with van der Waals surface area (Å²) in [5.74, 6) is -0.548. The normalized spacial score (nSPS) is 10.9. The highest BCUT2D eigenvalue weighted by Crippen LogP contribution is 2.29. The number of anilines is 1. The van der Waals surface area contributed by atoms with Crippen molar-refractivity contribution in [1.82, 2.24) is 24.7 Å². The third kappa shape index (κ3) is 6.25. The number of carbonyl (C=O) groups is 2. The van der Waals surface area contributed by atoms with Crippen molar-refractivity contribution in [3.8, 4) is 5.69 Å². The fourth-order valence-corrected chi connectivity index (χ4v) is 5.59. The molecule has 3 heterocycles. The van der Waals surface area contributed by atoms with E-state index < -0.39 is 11.8 Å². The number of hydrogen-bond donors (Lipinski definition) is 3. The monoisotopic (exact) mass is 547 g/mol. The predicted molar refractivity (Wildman–Crippen MR) is 136 cm³/mol. The van der Waals surface area contributed by atoms with Crippen LogP contribution in [0.1, 0.15) is 22.1 Å². The van der Waals surface area contributed by atoms with E-state index in [0.29, 0.717) is 32.1 Å². The first kappa shape index (κ1) is 24.8. The van der Waals surface area contributed by atoms with Crippen LogP contribution in [0.3, 0.4) is 0 Å². The Kier molecular flexibility index (Phi) is 7.80. The molecule has 0 bridgehead atoms. The van der Waals surface area contributed by atoms with Gasteiger partial charge in [0.15, 0.2) is 9.11 Å². The van der Waals surface area contributed by atoms with E-state index in [2.05, 4.69) is 25.5 Å². The number of hydrogen-bond acceptors (Lipinski definition) is 11. The van der Waals surface area contributed by atoms with Crippen LogP contribution in [-0.2, 0) is 10.5 Å². The van der Waals surface area contributed by atoms with Crippen LogP contribution in [0.25, 0.3) is 5.69 Å². The number of amides is 2. The highest BCUT2D eigenvalue weighted by atomic mass is 32.2. The summed E-state index contributed by atoms with van der Waals surface area (Å²) in [4.78, 5) is 43.1. The van der Waals surface area contributed by atoms with Gasteiger partial charge in [-0.25, -0.2) is 4.98 Å². The number of thioether (sulfide) groups is 2. The number of para-hydroxylation sites is 1. The van der Waals surface area contributed by atoms with Gasteiger partial charge >= 0.3 is 0 Å². The van der Waals surface area contributed by atoms with E-state index in [0.717, 1.165) is 23.1 Å². The molecule has 3 aromatic heterocycles. The van der Waals surface area contributed by atoms with E-state index in [1.807, 2.05) is 18.2 Å². The van der Waals surface area contributed by atoms with Crippen LogP contribution in [0.15, 0.2) is 56.0 Å². The van der Waals surface area contributed by atoms with Crippen molar-refractivity contribution in [2.75, 3.05) is 11.1 Å². The molecule has 0 radical (unpaired) electrons. The second kappa shape index (κ2) is 11.0. The quantitative estimate of drug-likeness (QED) is 0.161. The minimum absolute atomic E-state index is 0.0459. The molecule has 35 heavy (non-hydrogen) atoms. The molecular formula is C20H17N7O4S4. The summed E-state index contributed by atoms with van der Waals surface area (Å²) in [7, 11) is 0. The van der Waals surface area contributed by atoms with Crippen LogP contribution in [0.4, 0.5) is 5.00 Å². The summed E-state index contributed by atoms with van der Waals surface area (Å²) in [6.45, 7) is 1.73. The fraction of sp³-hybridized carbons (Fsp3) is 0.150. The van der Waals surface area contributed by atoms with Gasteiger partial charge in [0.25, 0.3) is 16.7 Å². The summed E-state index contributed by atoms with van der Waals surface area (Å²) < 4.78 is 7.44. The zero-order chi connectivity index (χ0) is 24.9. The number of thiazole rings is 1. The average molecular weight is 548 g/mol. The second-order valence-electron chi connectivity index (χ2n) is 6.86. The van der Waals surface area contributed by atoms with Gasteiger partial charge < -0.3 is 20.5 Å². The van der Waals surface area contributed by atoms with Crippen molar-refractivity contribution in [2.24, 2.45) is 5.73 Å². The SMILES string of the molecule is Cc1cc(=O)[nH]c(SCc2nnc(SCC(=O)Nc3sc(=S)n(-c4ccccc4)c3C(N)=O)o2)n1. The molecule has 11 nitrogen and oxygen atoms in total. The molecule has 0 unspecified atom stereocenters. The average Bonchev–Trinajstić information content (AvgIpc) is 3.40. The van der Waals surface area contributed by atoms with Gasteiger partial charge in [0.05, 0.1) is 11.5 Å². The lowest BCUT2D eigenvalue weighted by Crippen LogP contribution is -2.21. The van der Waals surface area contributed by atoms with Crippen molar-refractivity contribution in [3.05, 3.63) is 68.0 Å². The molecule has 0 saturated heterocycles. The van der Waals surface area contributed by atoms with Gasteiger partial charge in [-0.2, -0.15) is 0 Å². The minimum atomic E-state index is -0.715. The summed E-state index contributed by atoms with van der Waals surface area (Å²) in [6.07, 6.45) is 0. The number of aromatic amines is 1. The minimum Gasteiger partial charge on any atom is -0.415 e. The number of H-pyrrole nitrogens is 1. The molecule has 15 heteroatoms. The van der Waals surface area contributed by atoms with Gasteiger partial charge in [0.1, 0.15) is 10.7 Å². The van der Waals surface area contributed by atoms with Crippen LogP contribution in [0.2, 0.25) is 0 Å². The van der Waals surface area contributed by atoms with Crippen molar-refractivity contribution in [2.45, 2.75) is 23.1 Å². The van der Waals surface area contributed by atoms with Gasteiger partial charge in [-0.15, -0.1) is 10.2 Å². The van der Waals surface area contributed by atoms with E-state index in [-0.39, 0.29) is 27.2 Å². The Balaban J connectivity index is 1.38. The first-order valence-corrected chi connectivity index (χ1v) is 13.1. The molecule has 180 valence electrons. The molecule has 4 aromatic rings. The Morgan fingerprint density at radius 1 is 1.26 bits per heavy atom. The number of nitrogens with two attached hydrogens (primary N) is 1. The van der Waals surface area contributed by atoms with Crippen molar-refractivity contribution >= 4 is 63.9 Å². The Labute approximate surface area is 215 Å². The number of aryl methyl sites for hydroxylation is 1. The summed E-state index contributed by atoms with van der Waals surface area (Å²) in [5.41, 5.74) is 6.71. The van der Waals surface area contributed by atoms with Gasteiger partial charge in [-0.05, 0) is 31.3 Å². The topological polar surface area (TPSA) is 162 Å². The van der Waals surface area contributed by atoms with Crippen LogP contribution >= 0.6 is 47.1 Å². The number of nitrogens with zero attached hydrogens (tertiary/aromatic N) is 4. The Bertz CT molecular complexity index is 1490. The number of nitrogens with one attached hydrogen (secondary N) is 2. The molecule has 4 rings (SSSR count). The van der Waals surface area contributed by atoms with E-state index in [9.17, 15) is 14.4 Å². The molecular weight excluding hydrogens is 531 g/mol. The Morgan fingerprint density at radius 3 is 2.74 bits per heavy atom. The zero-order valence-corrected chi connectivity index (χ0v) is 21.3. The Morgan fingerprint density at radius 2 is 2.03 bits per heavy atom. The lowest BCUT2D eigenvalue weighted by molar-refractivity contribution is -0.113. The third-order valence-corrected chi connectivity index (χ3v) is 7.23. The van der Waals surface area contributed by atoms with Crippen LogP contribution in [0.5, 0.6) is 0 Å². The highest BCUT2D eigenvalue weighted by molar-refractivity contribution is 7.99. The molecule has 0 spiro atoms. The largest absolute Gasteiger partial charge is 0.415 e. The van der Waals surface area contributed by atoms with Gasteiger partial charge in [-0.1, -0.05) is 53.1 Å². The maximum absolute atomic E-state index is 12.5. The van der Waals surface area contributed by atoms with Gasteiger partial charge in [0.2, 0.25) is 11.8 Å². The summed E-state index contributed by atoms with van der Waals surface area (Å²) >= 11 is 8.74. The number of rotatable bonds is 9. The van der Waals surface area contributed by atoms with Crippen molar-refractivity contribution < 1.29 is 14.0 Å². The summed E-state index contributed by atoms with van der Waals surface area (Å²) in [6, 6.07) is 10.4. The van der Waals surface area contributed by atoms with Crippen molar-refractivity contribution in [1.29, 1.82) is 0 Å². The van der Waals surface area contributed by atoms with Crippen LogP contribution in [-0.4, -0.2) is 42.3 Å². The number of carbonyl (C=O) groups excluding carboxylic acids is 2. The number of primary amides is 1. The molecule has 0 aliphatic rings. The van der Waals surface area contributed by atoms with Crippen LogP contribution in [0, 0.1) is 10.9 Å². The highest BCUT2D eigenvalue weighted by Gasteiger charge is 2.21. The van der Waals surface area contributed by atoms with E-state index >= 15 is 0 Å². The number of benzene rings is 1. The Hall–Kier alpha value is -3.27. The van der Waals surface area contributed by atoms with E-state index in [4.69, 9.17) is 22.4 Å².